The molecule has 1 atom stereocenters. The summed E-state index contributed by atoms with van der Waals surface area (Å²) >= 11 is 0. The van der Waals surface area contributed by atoms with E-state index in [4.69, 9.17) is 0 Å². The zero-order valence-electron chi connectivity index (χ0n) is 7.22. The third kappa shape index (κ3) is 1.39. The Kier molecular flexibility index (Phi) is 2.12. The molecule has 1 unspecified atom stereocenters. The fraction of sp³-hybridized carbons (Fsp3) is 0.889. The van der Waals surface area contributed by atoms with Gasteiger partial charge in [-0.15, -0.1) is 0 Å². The van der Waals surface area contributed by atoms with E-state index in [1.54, 1.807) is 0 Å². The van der Waals surface area contributed by atoms with E-state index in [2.05, 4.69) is 32.0 Å². The van der Waals surface area contributed by atoms with Crippen LogP contribution in [0.3, 0.4) is 0 Å². The molecule has 1 rings (SSSR count). The van der Waals surface area contributed by atoms with Crippen LogP contribution in [0.4, 0.5) is 0 Å². The summed E-state index contributed by atoms with van der Waals surface area (Å²) in [5.41, 5.74) is 0.530. The van der Waals surface area contributed by atoms with Gasteiger partial charge in [0.15, 0.2) is 0 Å². The van der Waals surface area contributed by atoms with Crippen molar-refractivity contribution in [3.63, 3.8) is 0 Å². The fourth-order valence-corrected chi connectivity index (χ4v) is 1.31. The van der Waals surface area contributed by atoms with Crippen molar-refractivity contribution in [2.45, 2.75) is 33.6 Å². The first-order chi connectivity index (χ1) is 4.65. The van der Waals surface area contributed by atoms with Crippen LogP contribution in [0.25, 0.3) is 0 Å². The normalized spacial score (nSPS) is 33.2. The zero-order chi connectivity index (χ0) is 7.61. The van der Waals surface area contributed by atoms with Crippen LogP contribution in [0.15, 0.2) is 4.99 Å². The van der Waals surface area contributed by atoms with E-state index in [0.29, 0.717) is 5.41 Å². The highest BCUT2D eigenvalue weighted by molar-refractivity contribution is 5.59. The van der Waals surface area contributed by atoms with Crippen molar-refractivity contribution < 1.29 is 0 Å². The first-order valence-electron chi connectivity index (χ1n) is 4.13. The van der Waals surface area contributed by atoms with Crippen molar-refractivity contribution in [1.82, 2.24) is 0 Å². The Bertz CT molecular complexity index is 138. The van der Waals surface area contributed by atoms with Crippen LogP contribution in [0.5, 0.6) is 0 Å². The topological polar surface area (TPSA) is 12.4 Å². The van der Waals surface area contributed by atoms with E-state index in [1.807, 2.05) is 0 Å². The maximum atomic E-state index is 4.23. The molecule has 0 N–H and O–H groups in total. The van der Waals surface area contributed by atoms with E-state index in [9.17, 15) is 0 Å². The van der Waals surface area contributed by atoms with E-state index in [1.165, 1.54) is 12.8 Å². The summed E-state index contributed by atoms with van der Waals surface area (Å²) in [5, 5.41) is 0. The average Bonchev–Trinajstić information content (AvgIpc) is 1.89. The molecule has 0 saturated heterocycles. The molecule has 0 radical (unpaired) electrons. The predicted octanol–water partition coefficient (Wildman–Crippen LogP) is 2.51. The van der Waals surface area contributed by atoms with Crippen molar-refractivity contribution in [2.75, 3.05) is 6.54 Å². The van der Waals surface area contributed by atoms with Crippen LogP contribution in [0.2, 0.25) is 0 Å². The molecule has 1 heteroatoms. The molecule has 0 aliphatic carbocycles. The van der Waals surface area contributed by atoms with E-state index < -0.39 is 0 Å². The number of hydrogen-bond acceptors (Lipinski definition) is 1. The first kappa shape index (κ1) is 7.77. The summed E-state index contributed by atoms with van der Waals surface area (Å²) in [4.78, 5) is 4.23. The molecule has 1 nitrogen and oxygen atoms in total. The zero-order valence-corrected chi connectivity index (χ0v) is 7.22. The molecule has 0 aromatic rings. The van der Waals surface area contributed by atoms with Crippen LogP contribution in [0, 0.1) is 11.3 Å². The lowest BCUT2D eigenvalue weighted by molar-refractivity contribution is 0.209. The summed E-state index contributed by atoms with van der Waals surface area (Å²) in [6.45, 7) is 8.01. The minimum absolute atomic E-state index is 0.530. The highest BCUT2D eigenvalue weighted by atomic mass is 14.7. The second-order valence-electron chi connectivity index (χ2n) is 3.85. The van der Waals surface area contributed by atoms with Gasteiger partial charge in [-0.25, -0.2) is 0 Å². The van der Waals surface area contributed by atoms with Gasteiger partial charge in [0, 0.05) is 6.54 Å². The van der Waals surface area contributed by atoms with Crippen LogP contribution >= 0.6 is 0 Å². The Balaban J connectivity index is 2.59. The van der Waals surface area contributed by atoms with E-state index >= 15 is 0 Å². The van der Waals surface area contributed by atoms with Gasteiger partial charge >= 0.3 is 0 Å². The molecular weight excluding hydrogens is 122 g/mol. The van der Waals surface area contributed by atoms with Gasteiger partial charge in [0.1, 0.15) is 0 Å². The van der Waals surface area contributed by atoms with Crippen molar-refractivity contribution in [1.29, 1.82) is 0 Å². The standard InChI is InChI=1S/C9H17N/c1-8(2)9(3)4-6-10-7-5-9/h6,8H,4-5,7H2,1-3H3. The summed E-state index contributed by atoms with van der Waals surface area (Å²) in [6, 6.07) is 0. The minimum atomic E-state index is 0.530. The Morgan fingerprint density at radius 1 is 1.50 bits per heavy atom. The van der Waals surface area contributed by atoms with Crippen molar-refractivity contribution in [3.05, 3.63) is 0 Å². The molecule has 0 fully saturated rings. The molecule has 0 aromatic carbocycles. The summed E-state index contributed by atoms with van der Waals surface area (Å²) < 4.78 is 0. The molecule has 1 aliphatic rings. The molecule has 1 aliphatic heterocycles. The molecule has 1 heterocycles. The second kappa shape index (κ2) is 2.73. The lowest BCUT2D eigenvalue weighted by Gasteiger charge is -2.34. The Morgan fingerprint density at radius 3 is 2.50 bits per heavy atom. The van der Waals surface area contributed by atoms with Gasteiger partial charge in [-0.3, -0.25) is 4.99 Å². The fourth-order valence-electron chi connectivity index (χ4n) is 1.31. The van der Waals surface area contributed by atoms with Crippen molar-refractivity contribution in [3.8, 4) is 0 Å². The Labute approximate surface area is 63.5 Å². The molecule has 0 bridgehead atoms. The van der Waals surface area contributed by atoms with Crippen LogP contribution in [-0.2, 0) is 0 Å². The maximum Gasteiger partial charge on any atom is 0.0390 e. The highest BCUT2D eigenvalue weighted by Gasteiger charge is 2.28. The summed E-state index contributed by atoms with van der Waals surface area (Å²) in [5.74, 6) is 0.791. The smallest absolute Gasteiger partial charge is 0.0390 e. The molecule has 0 aromatic heterocycles. The van der Waals surface area contributed by atoms with Gasteiger partial charge in [-0.05, 0) is 30.4 Å². The number of hydrogen-bond donors (Lipinski definition) is 0. The predicted molar refractivity (Wildman–Crippen MR) is 45.5 cm³/mol. The quantitative estimate of drug-likeness (QED) is 0.529. The van der Waals surface area contributed by atoms with Gasteiger partial charge in [0.2, 0.25) is 0 Å². The van der Waals surface area contributed by atoms with Gasteiger partial charge in [-0.1, -0.05) is 20.8 Å². The molecule has 0 saturated carbocycles. The summed E-state index contributed by atoms with van der Waals surface area (Å²) in [6.07, 6.45) is 4.52. The first-order valence-corrected chi connectivity index (χ1v) is 4.13. The van der Waals surface area contributed by atoms with Crippen LogP contribution in [0.1, 0.15) is 33.6 Å². The lowest BCUT2D eigenvalue weighted by atomic mass is 9.73. The maximum absolute atomic E-state index is 4.23. The Hall–Kier alpha value is -0.330. The number of nitrogens with zero attached hydrogens (tertiary/aromatic N) is 1. The monoisotopic (exact) mass is 139 g/mol. The lowest BCUT2D eigenvalue weighted by Crippen LogP contribution is -2.27. The SMILES string of the molecule is CC(C)C1(C)CC=NCC1. The molecular formula is C9H17N. The largest absolute Gasteiger partial charge is 0.297 e. The van der Waals surface area contributed by atoms with Gasteiger partial charge in [0.25, 0.3) is 0 Å². The average molecular weight is 139 g/mol. The van der Waals surface area contributed by atoms with Crippen molar-refractivity contribution >= 4 is 6.21 Å². The van der Waals surface area contributed by atoms with Gasteiger partial charge < -0.3 is 0 Å². The molecule has 10 heavy (non-hydrogen) atoms. The minimum Gasteiger partial charge on any atom is -0.297 e. The second-order valence-corrected chi connectivity index (χ2v) is 3.85. The van der Waals surface area contributed by atoms with E-state index in [0.717, 1.165) is 12.5 Å². The third-order valence-corrected chi connectivity index (χ3v) is 2.89. The molecule has 0 amide bonds. The van der Waals surface area contributed by atoms with Crippen LogP contribution in [-0.4, -0.2) is 12.8 Å². The van der Waals surface area contributed by atoms with Gasteiger partial charge in [-0.2, -0.15) is 0 Å². The molecule has 58 valence electrons. The Morgan fingerprint density at radius 2 is 2.20 bits per heavy atom. The van der Waals surface area contributed by atoms with E-state index in [-0.39, 0.29) is 0 Å². The molecule has 0 spiro atoms. The third-order valence-electron chi connectivity index (χ3n) is 2.89. The van der Waals surface area contributed by atoms with Crippen LogP contribution < -0.4 is 0 Å². The van der Waals surface area contributed by atoms with Crippen molar-refractivity contribution in [2.24, 2.45) is 16.3 Å². The number of rotatable bonds is 1. The van der Waals surface area contributed by atoms with Gasteiger partial charge in [0.05, 0.1) is 0 Å². The number of aliphatic imine (C=N–C) groups is 1. The summed E-state index contributed by atoms with van der Waals surface area (Å²) in [7, 11) is 0. The highest BCUT2D eigenvalue weighted by Crippen LogP contribution is 2.35.